The zero-order chi connectivity index (χ0) is 39.7. The van der Waals surface area contributed by atoms with E-state index in [1.807, 2.05) is 0 Å². The summed E-state index contributed by atoms with van der Waals surface area (Å²) in [5.74, 6) is 0.662. The highest BCUT2D eigenvalue weighted by Crippen LogP contribution is 2.52. The molecule has 280 valence electrons. The number of rotatable bonds is 3. The second kappa shape index (κ2) is 12.2. The van der Waals surface area contributed by atoms with Crippen molar-refractivity contribution in [3.63, 3.8) is 0 Å². The first-order valence-electron chi connectivity index (χ1n) is 20.8. The second-order valence-corrected chi connectivity index (χ2v) is 16.9. The van der Waals surface area contributed by atoms with Gasteiger partial charge in [-0.1, -0.05) is 178 Å². The van der Waals surface area contributed by atoms with Crippen molar-refractivity contribution < 1.29 is 0 Å². The van der Waals surface area contributed by atoms with Crippen molar-refractivity contribution in [3.8, 4) is 39.5 Å². The highest BCUT2D eigenvalue weighted by molar-refractivity contribution is 6.27. The van der Waals surface area contributed by atoms with Crippen LogP contribution in [0.3, 0.4) is 0 Å². The summed E-state index contributed by atoms with van der Waals surface area (Å²) < 4.78 is 2.30. The zero-order valence-electron chi connectivity index (χ0n) is 33.2. The summed E-state index contributed by atoms with van der Waals surface area (Å²) >= 11 is 0. The fraction of sp³-hybridized carbons (Fsp3) is 0.0526. The minimum absolute atomic E-state index is 0.0704. The minimum atomic E-state index is -0.0704. The van der Waals surface area contributed by atoms with E-state index in [0.29, 0.717) is 5.95 Å². The lowest BCUT2D eigenvalue weighted by Crippen LogP contribution is -2.14. The van der Waals surface area contributed by atoms with Gasteiger partial charge in [-0.05, 0) is 95.3 Å². The van der Waals surface area contributed by atoms with Crippen LogP contribution in [0.5, 0.6) is 0 Å². The molecule has 2 aromatic heterocycles. The van der Waals surface area contributed by atoms with Gasteiger partial charge in [0.15, 0.2) is 0 Å². The van der Waals surface area contributed by atoms with Gasteiger partial charge in [-0.2, -0.15) is 0 Å². The van der Waals surface area contributed by atoms with Crippen molar-refractivity contribution in [1.82, 2.24) is 14.5 Å². The molecule has 13 rings (SSSR count). The van der Waals surface area contributed by atoms with E-state index in [4.69, 9.17) is 9.97 Å². The maximum atomic E-state index is 5.65. The van der Waals surface area contributed by atoms with Gasteiger partial charge in [0.25, 0.3) is 0 Å². The number of fused-ring (bicyclic) bond motifs is 15. The van der Waals surface area contributed by atoms with E-state index in [2.05, 4.69) is 206 Å². The van der Waals surface area contributed by atoms with E-state index < -0.39 is 0 Å². The van der Waals surface area contributed by atoms with Crippen LogP contribution in [0.2, 0.25) is 0 Å². The topological polar surface area (TPSA) is 30.7 Å². The summed E-state index contributed by atoms with van der Waals surface area (Å²) in [6.07, 6.45) is 0. The first-order chi connectivity index (χ1) is 29.5. The molecule has 2 heterocycles. The third kappa shape index (κ3) is 4.60. The van der Waals surface area contributed by atoms with Gasteiger partial charge in [-0.25, -0.2) is 9.97 Å². The lowest BCUT2D eigenvalue weighted by molar-refractivity contribution is 0.661. The number of hydrogen-bond acceptors (Lipinski definition) is 2. The van der Waals surface area contributed by atoms with E-state index in [1.165, 1.54) is 76.5 Å². The molecule has 3 nitrogen and oxygen atoms in total. The predicted molar refractivity (Wildman–Crippen MR) is 252 cm³/mol. The molecule has 0 bridgehead atoms. The molecule has 0 radical (unpaired) electrons. The molecule has 0 aliphatic heterocycles. The van der Waals surface area contributed by atoms with Crippen molar-refractivity contribution in [2.75, 3.05) is 0 Å². The quantitative estimate of drug-likeness (QED) is 0.168. The molecule has 0 spiro atoms. The minimum Gasteiger partial charge on any atom is -0.278 e. The lowest BCUT2D eigenvalue weighted by Gasteiger charge is -2.21. The Kier molecular flexibility index (Phi) is 6.78. The van der Waals surface area contributed by atoms with Gasteiger partial charge in [-0.15, -0.1) is 0 Å². The molecule has 12 aromatic rings. The molecular weight excluding hydrogens is 727 g/mol. The Morgan fingerprint density at radius 1 is 0.400 bits per heavy atom. The molecule has 0 amide bonds. The second-order valence-electron chi connectivity index (χ2n) is 16.9. The van der Waals surface area contributed by atoms with Crippen LogP contribution in [0.1, 0.15) is 25.0 Å². The fourth-order valence-electron chi connectivity index (χ4n) is 10.5. The molecule has 3 heteroatoms. The van der Waals surface area contributed by atoms with E-state index in [-0.39, 0.29) is 5.41 Å². The zero-order valence-corrected chi connectivity index (χ0v) is 33.2. The molecule has 0 N–H and O–H groups in total. The van der Waals surface area contributed by atoms with E-state index in [1.54, 1.807) is 0 Å². The molecule has 60 heavy (non-hydrogen) atoms. The summed E-state index contributed by atoms with van der Waals surface area (Å²) in [6, 6.07) is 68.7. The number of benzene rings is 10. The van der Waals surface area contributed by atoms with Gasteiger partial charge in [0.1, 0.15) is 0 Å². The summed E-state index contributed by atoms with van der Waals surface area (Å²) in [4.78, 5) is 11.3. The summed E-state index contributed by atoms with van der Waals surface area (Å²) in [7, 11) is 0. The average Bonchev–Trinajstić information content (AvgIpc) is 3.75. The van der Waals surface area contributed by atoms with Crippen LogP contribution in [0.15, 0.2) is 188 Å². The highest BCUT2D eigenvalue weighted by atomic mass is 15.2. The van der Waals surface area contributed by atoms with Crippen molar-refractivity contribution in [2.24, 2.45) is 0 Å². The Labute approximate surface area is 346 Å². The molecule has 1 aliphatic rings. The van der Waals surface area contributed by atoms with Gasteiger partial charge < -0.3 is 0 Å². The number of nitrogens with zero attached hydrogens (tertiary/aromatic N) is 3. The normalized spacial score (nSPS) is 13.3. The van der Waals surface area contributed by atoms with Crippen LogP contribution in [0.4, 0.5) is 0 Å². The SMILES string of the molecule is CC1(C)c2ccccc2-c2c1ccc1cc3c(cc21)c1ccccc1n3-c1nc(-c2ccc(-c3ccc4ccccc4c3)cc2)c2c3ccccc3c3ccccc3c2n1. The highest BCUT2D eigenvalue weighted by Gasteiger charge is 2.36. The third-order valence-electron chi connectivity index (χ3n) is 13.4. The molecule has 0 fully saturated rings. The van der Waals surface area contributed by atoms with Crippen LogP contribution in [-0.4, -0.2) is 14.5 Å². The summed E-state index contributed by atoms with van der Waals surface area (Å²) in [5.41, 5.74) is 12.8. The summed E-state index contributed by atoms with van der Waals surface area (Å²) in [6.45, 7) is 4.71. The predicted octanol–water partition coefficient (Wildman–Crippen LogP) is 15.0. The molecular formula is C57H37N3. The van der Waals surface area contributed by atoms with Crippen molar-refractivity contribution >= 4 is 75.8 Å². The molecule has 0 unspecified atom stereocenters. The monoisotopic (exact) mass is 763 g/mol. The summed E-state index contributed by atoms with van der Waals surface area (Å²) in [5, 5.41) is 13.1. The van der Waals surface area contributed by atoms with E-state index in [0.717, 1.165) is 44.0 Å². The van der Waals surface area contributed by atoms with Gasteiger partial charge in [0.05, 0.1) is 22.2 Å². The van der Waals surface area contributed by atoms with Gasteiger partial charge in [-0.3, -0.25) is 4.57 Å². The van der Waals surface area contributed by atoms with Crippen LogP contribution < -0.4 is 0 Å². The van der Waals surface area contributed by atoms with Crippen molar-refractivity contribution in [3.05, 3.63) is 199 Å². The van der Waals surface area contributed by atoms with Gasteiger partial charge in [0.2, 0.25) is 5.95 Å². The molecule has 0 atom stereocenters. The van der Waals surface area contributed by atoms with Crippen molar-refractivity contribution in [1.29, 1.82) is 0 Å². The van der Waals surface area contributed by atoms with Crippen LogP contribution >= 0.6 is 0 Å². The maximum Gasteiger partial charge on any atom is 0.235 e. The third-order valence-corrected chi connectivity index (χ3v) is 13.4. The average molecular weight is 764 g/mol. The molecule has 10 aromatic carbocycles. The van der Waals surface area contributed by atoms with Crippen LogP contribution in [0.25, 0.3) is 115 Å². The standard InChI is InChI=1S/C57H37N3/c1-57(2)48-21-11-9-20-45(48)52-46-33-47-42-17-10-12-22-50(42)60(51(47)32-39(46)29-30-49(52)57)56-58-54(36-26-23-35(24-27-36)38-28-25-34-13-3-4-14-37(34)31-38)53-43-18-7-5-15-40(43)41-16-6-8-19-44(41)55(53)59-56/h3-33H,1-2H3. The van der Waals surface area contributed by atoms with E-state index in [9.17, 15) is 0 Å². The first kappa shape index (κ1) is 33.4. The Morgan fingerprint density at radius 3 is 1.87 bits per heavy atom. The van der Waals surface area contributed by atoms with Crippen LogP contribution in [0, 0.1) is 0 Å². The molecule has 0 saturated carbocycles. The fourth-order valence-corrected chi connectivity index (χ4v) is 10.5. The first-order valence-corrected chi connectivity index (χ1v) is 20.8. The Hall–Kier alpha value is -7.62. The van der Waals surface area contributed by atoms with E-state index >= 15 is 0 Å². The number of hydrogen-bond donors (Lipinski definition) is 0. The molecule has 0 saturated heterocycles. The number of aromatic nitrogens is 3. The molecule has 1 aliphatic carbocycles. The largest absolute Gasteiger partial charge is 0.278 e. The van der Waals surface area contributed by atoms with Crippen molar-refractivity contribution in [2.45, 2.75) is 19.3 Å². The van der Waals surface area contributed by atoms with Crippen LogP contribution in [-0.2, 0) is 5.41 Å². The maximum absolute atomic E-state index is 5.65. The van der Waals surface area contributed by atoms with Gasteiger partial charge in [0, 0.05) is 32.5 Å². The lowest BCUT2D eigenvalue weighted by atomic mass is 9.82. The Morgan fingerprint density at radius 2 is 1.03 bits per heavy atom. The van der Waals surface area contributed by atoms with Gasteiger partial charge >= 0.3 is 0 Å². The Bertz CT molecular complexity index is 3800. The smallest absolute Gasteiger partial charge is 0.235 e. The Balaban J connectivity index is 1.10. The number of para-hydroxylation sites is 1.